The number of aryl methyl sites for hydroxylation is 2. The van der Waals surface area contributed by atoms with E-state index < -0.39 is 0 Å². The Kier molecular flexibility index (Phi) is 6.38. The maximum absolute atomic E-state index is 3.72. The van der Waals surface area contributed by atoms with Crippen molar-refractivity contribution < 1.29 is 0 Å². The molecule has 0 radical (unpaired) electrons. The first kappa shape index (κ1) is 14.3. The lowest BCUT2D eigenvalue weighted by Crippen LogP contribution is -2.22. The van der Waals surface area contributed by atoms with Gasteiger partial charge in [-0.3, -0.25) is 0 Å². The first-order valence-electron chi connectivity index (χ1n) is 6.14. The molecule has 0 aliphatic rings. The van der Waals surface area contributed by atoms with E-state index in [9.17, 15) is 0 Å². The van der Waals surface area contributed by atoms with Gasteiger partial charge in [0.1, 0.15) is 0 Å². The minimum atomic E-state index is 0.430. The molecule has 0 aliphatic carbocycles. The molecular weight excluding hydrogens is 226 g/mol. The average Bonchev–Trinajstić information content (AvgIpc) is 2.28. The Morgan fingerprint density at radius 3 is 2.82 bits per heavy atom. The van der Waals surface area contributed by atoms with Gasteiger partial charge in [0.2, 0.25) is 0 Å². The summed E-state index contributed by atoms with van der Waals surface area (Å²) in [6, 6.07) is 7.10. The number of benzene rings is 1. The van der Waals surface area contributed by atoms with Crippen LogP contribution in [0.2, 0.25) is 0 Å². The Bertz CT molecular complexity index is 360. The molecule has 1 nitrogen and oxygen atoms in total. The second-order valence-corrected chi connectivity index (χ2v) is 5.55. The van der Waals surface area contributed by atoms with Crippen molar-refractivity contribution in [3.8, 4) is 0 Å². The number of rotatable bonds is 7. The van der Waals surface area contributed by atoms with Gasteiger partial charge in [-0.2, -0.15) is 11.8 Å². The fourth-order valence-corrected chi connectivity index (χ4v) is 2.53. The monoisotopic (exact) mass is 249 g/mol. The summed E-state index contributed by atoms with van der Waals surface area (Å²) in [7, 11) is 0. The van der Waals surface area contributed by atoms with Gasteiger partial charge in [-0.1, -0.05) is 29.8 Å². The minimum Gasteiger partial charge on any atom is -0.309 e. The van der Waals surface area contributed by atoms with Crippen LogP contribution in [0, 0.1) is 13.8 Å². The summed E-state index contributed by atoms with van der Waals surface area (Å²) >= 11 is 1.92. The molecule has 2 heteroatoms. The van der Waals surface area contributed by atoms with Crippen molar-refractivity contribution in [2.75, 3.05) is 18.1 Å². The maximum Gasteiger partial charge on any atom is 0.0294 e. The predicted molar refractivity (Wildman–Crippen MR) is 79.9 cm³/mol. The first-order chi connectivity index (χ1) is 8.15. The number of hydrogen-bond donors (Lipinski definition) is 1. The fourth-order valence-electron chi connectivity index (χ4n) is 1.94. The second kappa shape index (κ2) is 7.57. The first-order valence-corrected chi connectivity index (χ1v) is 7.29. The highest BCUT2D eigenvalue weighted by atomic mass is 32.2. The molecule has 0 aromatic heterocycles. The van der Waals surface area contributed by atoms with Gasteiger partial charge in [-0.15, -0.1) is 6.58 Å². The van der Waals surface area contributed by atoms with Crippen LogP contribution in [-0.4, -0.2) is 18.1 Å². The van der Waals surface area contributed by atoms with E-state index in [4.69, 9.17) is 0 Å². The van der Waals surface area contributed by atoms with Gasteiger partial charge in [0.15, 0.2) is 0 Å². The molecule has 0 bridgehead atoms. The zero-order valence-corrected chi connectivity index (χ0v) is 11.9. The topological polar surface area (TPSA) is 12.0 Å². The zero-order valence-electron chi connectivity index (χ0n) is 11.1. The van der Waals surface area contributed by atoms with E-state index in [2.05, 4.69) is 50.9 Å². The molecule has 1 unspecified atom stereocenters. The largest absolute Gasteiger partial charge is 0.309 e. The normalized spacial score (nSPS) is 12.4. The molecular formula is C15H23NS. The van der Waals surface area contributed by atoms with Gasteiger partial charge in [0, 0.05) is 24.1 Å². The van der Waals surface area contributed by atoms with Crippen LogP contribution in [0.3, 0.4) is 0 Å². The van der Waals surface area contributed by atoms with E-state index in [1.165, 1.54) is 16.7 Å². The molecule has 0 aliphatic heterocycles. The average molecular weight is 249 g/mol. The van der Waals surface area contributed by atoms with Gasteiger partial charge in [0.25, 0.3) is 0 Å². The van der Waals surface area contributed by atoms with Gasteiger partial charge < -0.3 is 5.32 Å². The summed E-state index contributed by atoms with van der Waals surface area (Å²) in [6.07, 6.45) is 1.96. The van der Waals surface area contributed by atoms with E-state index in [1.807, 2.05) is 17.8 Å². The molecule has 1 rings (SSSR count). The van der Waals surface area contributed by atoms with Crippen molar-refractivity contribution in [2.45, 2.75) is 26.8 Å². The van der Waals surface area contributed by atoms with E-state index in [0.29, 0.717) is 6.04 Å². The molecule has 1 atom stereocenters. The zero-order chi connectivity index (χ0) is 12.7. The predicted octanol–water partition coefficient (Wildman–Crippen LogP) is 3.87. The van der Waals surface area contributed by atoms with Crippen LogP contribution in [-0.2, 0) is 0 Å². The highest BCUT2D eigenvalue weighted by Crippen LogP contribution is 2.18. The fraction of sp³-hybridized carbons (Fsp3) is 0.467. The summed E-state index contributed by atoms with van der Waals surface area (Å²) in [4.78, 5) is 0. The quantitative estimate of drug-likeness (QED) is 0.581. The standard InChI is InChI=1S/C15H23NS/c1-5-9-17-10-8-16-14(4)15-7-6-12(2)11-13(15)3/h5-7,11,14,16H,1,8-10H2,2-4H3. The third kappa shape index (κ3) is 4.97. The smallest absolute Gasteiger partial charge is 0.0294 e. The molecule has 1 N–H and O–H groups in total. The summed E-state index contributed by atoms with van der Waals surface area (Å²) in [5.41, 5.74) is 4.12. The van der Waals surface area contributed by atoms with Crippen LogP contribution in [0.5, 0.6) is 0 Å². The van der Waals surface area contributed by atoms with Crippen LogP contribution in [0.25, 0.3) is 0 Å². The van der Waals surface area contributed by atoms with Crippen molar-refractivity contribution in [3.63, 3.8) is 0 Å². The van der Waals surface area contributed by atoms with Crippen LogP contribution < -0.4 is 5.32 Å². The van der Waals surface area contributed by atoms with Crippen LogP contribution in [0.15, 0.2) is 30.9 Å². The Morgan fingerprint density at radius 1 is 1.41 bits per heavy atom. The summed E-state index contributed by atoms with van der Waals surface area (Å²) < 4.78 is 0. The highest BCUT2D eigenvalue weighted by molar-refractivity contribution is 7.99. The van der Waals surface area contributed by atoms with Crippen molar-refractivity contribution in [1.82, 2.24) is 5.32 Å². The molecule has 0 saturated carbocycles. The number of hydrogen-bond acceptors (Lipinski definition) is 2. The van der Waals surface area contributed by atoms with Crippen LogP contribution >= 0.6 is 11.8 Å². The Balaban J connectivity index is 2.41. The number of thioether (sulfide) groups is 1. The molecule has 1 aromatic carbocycles. The van der Waals surface area contributed by atoms with Gasteiger partial charge in [-0.25, -0.2) is 0 Å². The molecule has 94 valence electrons. The Hall–Kier alpha value is -0.730. The minimum absolute atomic E-state index is 0.430. The number of nitrogens with one attached hydrogen (secondary N) is 1. The second-order valence-electron chi connectivity index (χ2n) is 4.40. The van der Waals surface area contributed by atoms with Crippen LogP contribution in [0.1, 0.15) is 29.7 Å². The maximum atomic E-state index is 3.72. The van der Waals surface area contributed by atoms with E-state index in [1.54, 1.807) is 0 Å². The lowest BCUT2D eigenvalue weighted by Gasteiger charge is -2.17. The lowest BCUT2D eigenvalue weighted by atomic mass is 10.0. The molecule has 0 spiro atoms. The molecule has 17 heavy (non-hydrogen) atoms. The Labute approximate surface area is 110 Å². The SMILES string of the molecule is C=CCSCCNC(C)c1ccc(C)cc1C. The molecule has 1 aromatic rings. The highest BCUT2D eigenvalue weighted by Gasteiger charge is 2.06. The Morgan fingerprint density at radius 2 is 2.18 bits per heavy atom. The van der Waals surface area contributed by atoms with Gasteiger partial charge in [0.05, 0.1) is 0 Å². The van der Waals surface area contributed by atoms with Crippen LogP contribution in [0.4, 0.5) is 0 Å². The van der Waals surface area contributed by atoms with E-state index in [-0.39, 0.29) is 0 Å². The lowest BCUT2D eigenvalue weighted by molar-refractivity contribution is 0.598. The van der Waals surface area contributed by atoms with Gasteiger partial charge in [-0.05, 0) is 31.9 Å². The summed E-state index contributed by atoms with van der Waals surface area (Å²) in [6.45, 7) is 11.3. The van der Waals surface area contributed by atoms with Gasteiger partial charge >= 0.3 is 0 Å². The summed E-state index contributed by atoms with van der Waals surface area (Å²) in [5.74, 6) is 2.18. The molecule has 0 saturated heterocycles. The van der Waals surface area contributed by atoms with E-state index in [0.717, 1.165) is 18.1 Å². The summed E-state index contributed by atoms with van der Waals surface area (Å²) in [5, 5.41) is 3.56. The van der Waals surface area contributed by atoms with Crippen molar-refractivity contribution in [2.24, 2.45) is 0 Å². The molecule has 0 fully saturated rings. The van der Waals surface area contributed by atoms with Crippen molar-refractivity contribution >= 4 is 11.8 Å². The van der Waals surface area contributed by atoms with Crippen molar-refractivity contribution in [1.29, 1.82) is 0 Å². The molecule has 0 amide bonds. The van der Waals surface area contributed by atoms with E-state index >= 15 is 0 Å². The molecule has 0 heterocycles. The third-order valence-corrected chi connectivity index (χ3v) is 3.79. The van der Waals surface area contributed by atoms with Crippen molar-refractivity contribution in [3.05, 3.63) is 47.5 Å². The third-order valence-electron chi connectivity index (χ3n) is 2.82.